The van der Waals surface area contributed by atoms with E-state index in [1.165, 1.54) is 31.7 Å². The molecule has 0 aliphatic heterocycles. The van der Waals surface area contributed by atoms with Crippen LogP contribution in [-0.4, -0.2) is 12.6 Å². The van der Waals surface area contributed by atoms with Crippen LogP contribution in [-0.2, 0) is 6.54 Å². The third-order valence-electron chi connectivity index (χ3n) is 3.34. The van der Waals surface area contributed by atoms with Gasteiger partial charge in [-0.2, -0.15) is 0 Å². The van der Waals surface area contributed by atoms with E-state index >= 15 is 0 Å². The number of ether oxygens (including phenoxy) is 1. The van der Waals surface area contributed by atoms with Crippen molar-refractivity contribution in [1.82, 2.24) is 5.32 Å². The second kappa shape index (κ2) is 5.89. The van der Waals surface area contributed by atoms with Crippen LogP contribution in [0.25, 0.3) is 0 Å². The van der Waals surface area contributed by atoms with Crippen LogP contribution in [0.3, 0.4) is 0 Å². The maximum atomic E-state index is 13.5. The Hall–Kier alpha value is -0.800. The fourth-order valence-corrected chi connectivity index (χ4v) is 1.81. The third-order valence-corrected chi connectivity index (χ3v) is 3.34. The Labute approximate surface area is 113 Å². The maximum Gasteiger partial charge on any atom is 0.165 e. The highest BCUT2D eigenvalue weighted by atomic mass is 35.5. The van der Waals surface area contributed by atoms with Gasteiger partial charge in [-0.15, -0.1) is 12.4 Å². The molecule has 3 rings (SSSR count). The summed E-state index contributed by atoms with van der Waals surface area (Å²) in [4.78, 5) is 0. The van der Waals surface area contributed by atoms with Crippen LogP contribution < -0.4 is 10.1 Å². The van der Waals surface area contributed by atoms with E-state index in [-0.39, 0.29) is 18.2 Å². The lowest BCUT2D eigenvalue weighted by Crippen LogP contribution is -2.15. The average Bonchev–Trinajstić information content (AvgIpc) is 3.20. The molecule has 18 heavy (non-hydrogen) atoms. The van der Waals surface area contributed by atoms with Gasteiger partial charge in [0.2, 0.25) is 0 Å². The lowest BCUT2D eigenvalue weighted by atomic mass is 10.2. The predicted molar refractivity (Wildman–Crippen MR) is 71.7 cm³/mol. The zero-order valence-corrected chi connectivity index (χ0v) is 11.1. The minimum Gasteiger partial charge on any atom is -0.490 e. The van der Waals surface area contributed by atoms with Crippen LogP contribution in [0, 0.1) is 11.7 Å². The summed E-state index contributed by atoms with van der Waals surface area (Å²) >= 11 is 0. The molecule has 1 N–H and O–H groups in total. The highest BCUT2D eigenvalue weighted by Crippen LogP contribution is 2.30. The summed E-state index contributed by atoms with van der Waals surface area (Å²) < 4.78 is 19.0. The largest absolute Gasteiger partial charge is 0.490 e. The summed E-state index contributed by atoms with van der Waals surface area (Å²) in [5.41, 5.74) is 1.10. The standard InChI is InChI=1S/C14H18FNO.ClH/c15-13-6-3-11(8-16-12-4-5-12)7-14(13)17-9-10-1-2-10;/h3,6-7,10,12,16H,1-2,4-5,8-9H2;1H. The van der Waals surface area contributed by atoms with Gasteiger partial charge in [-0.25, -0.2) is 4.39 Å². The van der Waals surface area contributed by atoms with E-state index in [4.69, 9.17) is 4.74 Å². The normalized spacial score (nSPS) is 18.3. The molecule has 2 saturated carbocycles. The number of halogens is 2. The van der Waals surface area contributed by atoms with Crippen LogP contribution in [0.5, 0.6) is 5.75 Å². The third kappa shape index (κ3) is 3.85. The van der Waals surface area contributed by atoms with Gasteiger partial charge in [0.1, 0.15) is 0 Å². The molecule has 0 aromatic heterocycles. The van der Waals surface area contributed by atoms with Gasteiger partial charge in [-0.3, -0.25) is 0 Å². The number of hydrogen-bond acceptors (Lipinski definition) is 2. The molecule has 2 aliphatic carbocycles. The summed E-state index contributed by atoms with van der Waals surface area (Å²) in [6.07, 6.45) is 4.99. The molecule has 0 unspecified atom stereocenters. The van der Waals surface area contributed by atoms with E-state index < -0.39 is 0 Å². The van der Waals surface area contributed by atoms with Crippen molar-refractivity contribution in [1.29, 1.82) is 0 Å². The molecule has 1 aromatic carbocycles. The number of hydrogen-bond donors (Lipinski definition) is 1. The SMILES string of the molecule is Cl.Fc1ccc(CNC2CC2)cc1OCC1CC1. The zero-order valence-electron chi connectivity index (χ0n) is 10.3. The van der Waals surface area contributed by atoms with Crippen LogP contribution in [0.1, 0.15) is 31.2 Å². The van der Waals surface area contributed by atoms with E-state index in [9.17, 15) is 4.39 Å². The molecule has 1 aromatic rings. The van der Waals surface area contributed by atoms with Crippen molar-refractivity contribution < 1.29 is 9.13 Å². The van der Waals surface area contributed by atoms with Crippen molar-refractivity contribution in [2.24, 2.45) is 5.92 Å². The molecule has 2 fully saturated rings. The van der Waals surface area contributed by atoms with Gasteiger partial charge in [0, 0.05) is 12.6 Å². The molecular weight excluding hydrogens is 253 g/mol. The predicted octanol–water partition coefficient (Wildman–Crippen LogP) is 3.29. The Morgan fingerprint density at radius 2 is 2.00 bits per heavy atom. The minimum atomic E-state index is -0.249. The zero-order chi connectivity index (χ0) is 11.7. The maximum absolute atomic E-state index is 13.5. The summed E-state index contributed by atoms with van der Waals surface area (Å²) in [5, 5.41) is 3.42. The van der Waals surface area contributed by atoms with Gasteiger partial charge in [0.25, 0.3) is 0 Å². The molecule has 0 atom stereocenters. The first kappa shape index (κ1) is 13.6. The van der Waals surface area contributed by atoms with Crippen molar-refractivity contribution >= 4 is 12.4 Å². The van der Waals surface area contributed by atoms with E-state index in [0.717, 1.165) is 12.1 Å². The quantitative estimate of drug-likeness (QED) is 0.857. The first-order chi connectivity index (χ1) is 8.31. The molecule has 0 spiro atoms. The van der Waals surface area contributed by atoms with Crippen molar-refractivity contribution in [3.63, 3.8) is 0 Å². The van der Waals surface area contributed by atoms with Gasteiger partial charge < -0.3 is 10.1 Å². The summed E-state index contributed by atoms with van der Waals surface area (Å²) in [7, 11) is 0. The molecule has 4 heteroatoms. The molecule has 0 heterocycles. The highest BCUT2D eigenvalue weighted by Gasteiger charge is 2.23. The Morgan fingerprint density at radius 3 is 2.67 bits per heavy atom. The smallest absolute Gasteiger partial charge is 0.165 e. The van der Waals surface area contributed by atoms with Gasteiger partial charge in [0.15, 0.2) is 11.6 Å². The Morgan fingerprint density at radius 1 is 1.22 bits per heavy atom. The summed E-state index contributed by atoms with van der Waals surface area (Å²) in [5.74, 6) is 0.815. The van der Waals surface area contributed by atoms with Gasteiger partial charge in [-0.05, 0) is 49.3 Å². The lowest BCUT2D eigenvalue weighted by Gasteiger charge is -2.09. The highest BCUT2D eigenvalue weighted by molar-refractivity contribution is 5.85. The lowest BCUT2D eigenvalue weighted by molar-refractivity contribution is 0.285. The Balaban J connectivity index is 0.00000120. The van der Waals surface area contributed by atoms with Crippen LogP contribution in [0.4, 0.5) is 4.39 Å². The fraction of sp³-hybridized carbons (Fsp3) is 0.571. The molecular formula is C14H19ClFNO. The molecule has 0 bridgehead atoms. The average molecular weight is 272 g/mol. The Kier molecular flexibility index (Phi) is 4.46. The van der Waals surface area contributed by atoms with Crippen molar-refractivity contribution in [2.45, 2.75) is 38.3 Å². The number of benzene rings is 1. The topological polar surface area (TPSA) is 21.3 Å². The van der Waals surface area contributed by atoms with E-state index in [1.54, 1.807) is 0 Å². The fourth-order valence-electron chi connectivity index (χ4n) is 1.81. The number of rotatable bonds is 6. The minimum absolute atomic E-state index is 0. The second-order valence-electron chi connectivity index (χ2n) is 5.17. The van der Waals surface area contributed by atoms with E-state index in [0.29, 0.717) is 24.3 Å². The van der Waals surface area contributed by atoms with Crippen LogP contribution in [0.15, 0.2) is 18.2 Å². The van der Waals surface area contributed by atoms with E-state index in [1.807, 2.05) is 12.1 Å². The molecule has 100 valence electrons. The first-order valence-electron chi connectivity index (χ1n) is 6.46. The van der Waals surface area contributed by atoms with Crippen LogP contribution >= 0.6 is 12.4 Å². The molecule has 0 amide bonds. The first-order valence-corrected chi connectivity index (χ1v) is 6.46. The molecule has 0 saturated heterocycles. The van der Waals surface area contributed by atoms with Gasteiger partial charge in [-0.1, -0.05) is 6.07 Å². The molecule has 0 radical (unpaired) electrons. The van der Waals surface area contributed by atoms with Crippen molar-refractivity contribution in [3.8, 4) is 5.75 Å². The second-order valence-corrected chi connectivity index (χ2v) is 5.17. The monoisotopic (exact) mass is 271 g/mol. The van der Waals surface area contributed by atoms with E-state index in [2.05, 4.69) is 5.32 Å². The van der Waals surface area contributed by atoms with Crippen molar-refractivity contribution in [3.05, 3.63) is 29.6 Å². The number of nitrogens with one attached hydrogen (secondary N) is 1. The van der Waals surface area contributed by atoms with Gasteiger partial charge in [0.05, 0.1) is 6.61 Å². The van der Waals surface area contributed by atoms with Crippen molar-refractivity contribution in [2.75, 3.05) is 6.61 Å². The van der Waals surface area contributed by atoms with Crippen LogP contribution in [0.2, 0.25) is 0 Å². The molecule has 2 aliphatic rings. The Bertz CT molecular complexity index is 405. The summed E-state index contributed by atoms with van der Waals surface area (Å²) in [6.45, 7) is 1.47. The molecule has 2 nitrogen and oxygen atoms in total. The summed E-state index contributed by atoms with van der Waals surface area (Å²) in [6, 6.07) is 5.84. The van der Waals surface area contributed by atoms with Gasteiger partial charge >= 0.3 is 0 Å².